The Bertz CT molecular complexity index is 1680. The third-order valence-corrected chi connectivity index (χ3v) is 7.21. The molecule has 2 aromatic heterocycles. The second kappa shape index (κ2) is 12.3. The normalized spacial score (nSPS) is 12.1. The predicted molar refractivity (Wildman–Crippen MR) is 154 cm³/mol. The number of carboxylic acid groups (broad SMARTS) is 1. The molecular formula is C32H32F2N4O3. The van der Waals surface area contributed by atoms with E-state index in [1.165, 1.54) is 24.3 Å². The van der Waals surface area contributed by atoms with Gasteiger partial charge in [0.05, 0.1) is 5.56 Å². The van der Waals surface area contributed by atoms with Gasteiger partial charge < -0.3 is 25.5 Å². The highest BCUT2D eigenvalue weighted by atomic mass is 19.1. The number of nitrogens with two attached hydrogens (primary N) is 1. The number of halogens is 2. The molecule has 0 aliphatic rings. The number of hydrogen-bond donors (Lipinski definition) is 4. The molecule has 0 aliphatic carbocycles. The molecule has 41 heavy (non-hydrogen) atoms. The smallest absolute Gasteiger partial charge is 0.303 e. The zero-order valence-electron chi connectivity index (χ0n) is 22.7. The number of nitrogens with one attached hydrogen (secondary N) is 2. The zero-order chi connectivity index (χ0) is 28.9. The molecule has 3 aromatic carbocycles. The van der Waals surface area contributed by atoms with Crippen LogP contribution in [-0.4, -0.2) is 32.6 Å². The predicted octanol–water partition coefficient (Wildman–Crippen LogP) is 7.22. The summed E-state index contributed by atoms with van der Waals surface area (Å²) in [4.78, 5) is 21.9. The Morgan fingerprint density at radius 3 is 2.73 bits per heavy atom. The van der Waals surface area contributed by atoms with Crippen LogP contribution in [0.2, 0.25) is 0 Å². The number of nitrogens with zero attached hydrogens (tertiary/aromatic N) is 1. The first-order valence-corrected chi connectivity index (χ1v) is 13.6. The van der Waals surface area contributed by atoms with Crippen molar-refractivity contribution in [2.24, 2.45) is 5.73 Å². The Hall–Kier alpha value is -4.50. The van der Waals surface area contributed by atoms with Crippen molar-refractivity contribution in [3.05, 3.63) is 101 Å². The largest absolute Gasteiger partial charge is 0.481 e. The van der Waals surface area contributed by atoms with Gasteiger partial charge in [-0.25, -0.2) is 13.8 Å². The highest BCUT2D eigenvalue weighted by molar-refractivity contribution is 5.85. The van der Waals surface area contributed by atoms with Crippen molar-refractivity contribution in [3.8, 4) is 22.9 Å². The number of aliphatic carboxylic acids is 1. The number of aromatic amines is 2. The van der Waals surface area contributed by atoms with Crippen molar-refractivity contribution < 1.29 is 23.4 Å². The van der Waals surface area contributed by atoms with Gasteiger partial charge in [-0.15, -0.1) is 0 Å². The standard InChI is InChI=1S/C32H32F2N4O3/c1-19-5-2-6-20(15-19)22(7-3-9-30(39)40)29-18-37-32(38-29)25-16-21(10-11-26(25)33)41-31-24(8-4-13-35)23-12-14-36-28(23)17-27(31)34/h2,5-6,10-12,14-18,22,36H,3-4,7-9,13,35H2,1H3,(H,37,38)(H,39,40). The van der Waals surface area contributed by atoms with Crippen molar-refractivity contribution in [3.63, 3.8) is 0 Å². The molecule has 5 aromatic rings. The molecule has 0 amide bonds. The van der Waals surface area contributed by atoms with Crippen LogP contribution in [0.5, 0.6) is 11.5 Å². The molecule has 0 spiro atoms. The van der Waals surface area contributed by atoms with Gasteiger partial charge in [0.1, 0.15) is 17.4 Å². The minimum Gasteiger partial charge on any atom is -0.481 e. The maximum absolute atomic E-state index is 15.2. The fraction of sp³-hybridized carbons (Fsp3) is 0.250. The van der Waals surface area contributed by atoms with Crippen LogP contribution in [0, 0.1) is 18.6 Å². The van der Waals surface area contributed by atoms with Crippen LogP contribution in [0.15, 0.2) is 67.0 Å². The lowest BCUT2D eigenvalue weighted by molar-refractivity contribution is -0.137. The number of imidazole rings is 1. The highest BCUT2D eigenvalue weighted by Gasteiger charge is 2.21. The molecule has 7 nitrogen and oxygen atoms in total. The zero-order valence-corrected chi connectivity index (χ0v) is 22.7. The molecule has 2 heterocycles. The number of carboxylic acids is 1. The molecule has 0 bridgehead atoms. The van der Waals surface area contributed by atoms with E-state index in [4.69, 9.17) is 15.6 Å². The average Bonchev–Trinajstić information content (AvgIpc) is 3.62. The first kappa shape index (κ1) is 28.0. The monoisotopic (exact) mass is 558 g/mol. The van der Waals surface area contributed by atoms with E-state index in [9.17, 15) is 4.79 Å². The maximum Gasteiger partial charge on any atom is 0.303 e. The molecule has 212 valence electrons. The number of aryl methyl sites for hydroxylation is 2. The number of ether oxygens (including phenoxy) is 1. The van der Waals surface area contributed by atoms with Crippen LogP contribution < -0.4 is 10.5 Å². The Balaban J connectivity index is 1.47. The van der Waals surface area contributed by atoms with Crippen LogP contribution in [0.3, 0.4) is 0 Å². The molecule has 0 saturated carbocycles. The summed E-state index contributed by atoms with van der Waals surface area (Å²) in [6, 6.07) is 15.5. The van der Waals surface area contributed by atoms with Gasteiger partial charge in [0.25, 0.3) is 0 Å². The fourth-order valence-electron chi connectivity index (χ4n) is 5.22. The number of carbonyl (C=O) groups is 1. The van der Waals surface area contributed by atoms with Gasteiger partial charge in [0.15, 0.2) is 11.6 Å². The number of benzene rings is 3. The van der Waals surface area contributed by atoms with Crippen LogP contribution in [0.25, 0.3) is 22.3 Å². The van der Waals surface area contributed by atoms with Crippen LogP contribution in [-0.2, 0) is 11.2 Å². The molecule has 0 radical (unpaired) electrons. The number of rotatable bonds is 12. The first-order chi connectivity index (χ1) is 19.8. The van der Waals surface area contributed by atoms with Crippen LogP contribution in [0.4, 0.5) is 8.78 Å². The third kappa shape index (κ3) is 6.30. The Morgan fingerprint density at radius 2 is 1.95 bits per heavy atom. The molecule has 1 atom stereocenters. The lowest BCUT2D eigenvalue weighted by Gasteiger charge is -2.16. The van der Waals surface area contributed by atoms with E-state index < -0.39 is 17.6 Å². The van der Waals surface area contributed by atoms with Gasteiger partial charge >= 0.3 is 5.97 Å². The minimum atomic E-state index is -0.851. The van der Waals surface area contributed by atoms with Crippen molar-refractivity contribution in [1.82, 2.24) is 15.0 Å². The van der Waals surface area contributed by atoms with Crippen LogP contribution in [0.1, 0.15) is 54.0 Å². The van der Waals surface area contributed by atoms with Crippen LogP contribution >= 0.6 is 0 Å². The highest BCUT2D eigenvalue weighted by Crippen LogP contribution is 2.37. The molecule has 0 aliphatic heterocycles. The molecule has 1 unspecified atom stereocenters. The molecular weight excluding hydrogens is 526 g/mol. The molecule has 0 fully saturated rings. The summed E-state index contributed by atoms with van der Waals surface area (Å²) < 4.78 is 36.3. The quantitative estimate of drug-likeness (QED) is 0.129. The van der Waals surface area contributed by atoms with Crippen molar-refractivity contribution in [2.45, 2.75) is 44.9 Å². The fourth-order valence-corrected chi connectivity index (χ4v) is 5.22. The Morgan fingerprint density at radius 1 is 1.10 bits per heavy atom. The summed E-state index contributed by atoms with van der Waals surface area (Å²) in [5, 5.41) is 9.99. The lowest BCUT2D eigenvalue weighted by atomic mass is 9.90. The Labute approximate surface area is 236 Å². The second-order valence-corrected chi connectivity index (χ2v) is 10.2. The minimum absolute atomic E-state index is 0.0513. The summed E-state index contributed by atoms with van der Waals surface area (Å²) >= 11 is 0. The summed E-state index contributed by atoms with van der Waals surface area (Å²) in [5.41, 5.74) is 10.1. The third-order valence-electron chi connectivity index (χ3n) is 7.21. The van der Waals surface area contributed by atoms with E-state index >= 15 is 8.78 Å². The number of H-pyrrole nitrogens is 2. The van der Waals surface area contributed by atoms with Crippen molar-refractivity contribution >= 4 is 16.9 Å². The topological polar surface area (TPSA) is 117 Å². The van der Waals surface area contributed by atoms with Gasteiger partial charge in [-0.3, -0.25) is 4.79 Å². The molecule has 0 saturated heterocycles. The summed E-state index contributed by atoms with van der Waals surface area (Å²) in [5.74, 6) is -1.40. The van der Waals surface area contributed by atoms with E-state index in [0.29, 0.717) is 49.1 Å². The van der Waals surface area contributed by atoms with E-state index in [2.05, 4.69) is 21.0 Å². The van der Waals surface area contributed by atoms with Gasteiger partial charge in [-0.2, -0.15) is 0 Å². The van der Waals surface area contributed by atoms with E-state index in [-0.39, 0.29) is 29.4 Å². The molecule has 9 heteroatoms. The summed E-state index contributed by atoms with van der Waals surface area (Å²) in [7, 11) is 0. The number of aromatic nitrogens is 3. The summed E-state index contributed by atoms with van der Waals surface area (Å²) in [6.07, 6.45) is 5.68. The second-order valence-electron chi connectivity index (χ2n) is 10.2. The van der Waals surface area contributed by atoms with Gasteiger partial charge in [-0.1, -0.05) is 29.8 Å². The lowest BCUT2D eigenvalue weighted by Crippen LogP contribution is -2.04. The Kier molecular flexibility index (Phi) is 8.45. The molecule has 5 rings (SSSR count). The van der Waals surface area contributed by atoms with E-state index in [1.54, 1.807) is 12.4 Å². The van der Waals surface area contributed by atoms with Crippen molar-refractivity contribution in [2.75, 3.05) is 6.54 Å². The van der Waals surface area contributed by atoms with Gasteiger partial charge in [0, 0.05) is 53.0 Å². The summed E-state index contributed by atoms with van der Waals surface area (Å²) in [6.45, 7) is 2.44. The SMILES string of the molecule is Cc1cccc(C(CCCC(=O)O)c2cnc(-c3cc(Oc4c(F)cc5[nH]ccc5c4CCCN)ccc3F)[nH]2)c1. The molecule has 5 N–H and O–H groups in total. The number of hydrogen-bond acceptors (Lipinski definition) is 4. The maximum atomic E-state index is 15.2. The van der Waals surface area contributed by atoms with Crippen molar-refractivity contribution in [1.29, 1.82) is 0 Å². The van der Waals surface area contributed by atoms with Gasteiger partial charge in [-0.05, 0) is 69.0 Å². The number of fused-ring (bicyclic) bond motifs is 1. The average molecular weight is 559 g/mol. The first-order valence-electron chi connectivity index (χ1n) is 13.6. The van der Waals surface area contributed by atoms with Gasteiger partial charge in [0.2, 0.25) is 0 Å². The van der Waals surface area contributed by atoms with E-state index in [1.807, 2.05) is 31.2 Å². The van der Waals surface area contributed by atoms with E-state index in [0.717, 1.165) is 22.2 Å².